The van der Waals surface area contributed by atoms with E-state index in [1.54, 1.807) is 0 Å². The lowest BCUT2D eigenvalue weighted by Crippen LogP contribution is -2.51. The number of ether oxygens (including phenoxy) is 1. The fourth-order valence-electron chi connectivity index (χ4n) is 5.81. The molecule has 3 nitrogen and oxygen atoms in total. The molecule has 0 aliphatic heterocycles. The predicted molar refractivity (Wildman–Crippen MR) is 87.6 cm³/mol. The lowest BCUT2D eigenvalue weighted by atomic mass is 9.55. The minimum Gasteiger partial charge on any atom is -0.508 e. The highest BCUT2D eigenvalue weighted by molar-refractivity contribution is 5.40. The van der Waals surface area contributed by atoms with Gasteiger partial charge >= 0.3 is 0 Å². The molecule has 1 aromatic rings. The van der Waals surface area contributed by atoms with Crippen LogP contribution < -0.4 is 0 Å². The minimum atomic E-state index is -1.17. The van der Waals surface area contributed by atoms with E-state index >= 15 is 0 Å². The van der Waals surface area contributed by atoms with Gasteiger partial charge in [0.2, 0.25) is 5.79 Å². The van der Waals surface area contributed by atoms with Gasteiger partial charge in [-0.3, -0.25) is 0 Å². The molecular weight excluding hydrogens is 288 g/mol. The van der Waals surface area contributed by atoms with Crippen molar-refractivity contribution in [3.8, 4) is 18.3 Å². The average Bonchev–Trinajstić information content (AvgIpc) is 2.79. The normalized spacial score (nSPS) is 41.3. The second-order valence-electron chi connectivity index (χ2n) is 7.80. The Morgan fingerprint density at radius 1 is 1.26 bits per heavy atom. The number of phenolic OH excluding ortho intramolecular Hbond substituents is 1. The summed E-state index contributed by atoms with van der Waals surface area (Å²) in [5.41, 5.74) is 2.44. The predicted octanol–water partition coefficient (Wildman–Crippen LogP) is 3.54. The van der Waals surface area contributed by atoms with Crippen LogP contribution in [0.3, 0.4) is 0 Å². The standard InChI is InChI=1S/C20H24O3/c1-3-23-20(22)11-9-18-17-6-4-13-12-14(21)5-7-15(13)16(17)8-10-19(18,20)2/h1,5,7,12,16-18,21-22H,4,6,8-11H2,2H3/t16-,17-,18+,19-,20+/m0/s1. The van der Waals surface area contributed by atoms with Gasteiger partial charge in [0.15, 0.2) is 0 Å². The number of aromatic hydroxyl groups is 1. The van der Waals surface area contributed by atoms with Gasteiger partial charge in [-0.2, -0.15) is 0 Å². The van der Waals surface area contributed by atoms with E-state index in [2.05, 4.69) is 19.1 Å². The maximum absolute atomic E-state index is 11.0. The summed E-state index contributed by atoms with van der Waals surface area (Å²) >= 11 is 0. The third-order valence-electron chi connectivity index (χ3n) is 7.01. The third kappa shape index (κ3) is 1.94. The van der Waals surface area contributed by atoms with Crippen LogP contribution in [0.15, 0.2) is 18.2 Å². The molecule has 0 radical (unpaired) electrons. The van der Waals surface area contributed by atoms with Gasteiger partial charge in [-0.15, -0.1) is 0 Å². The van der Waals surface area contributed by atoms with Crippen LogP contribution in [-0.4, -0.2) is 16.0 Å². The molecule has 23 heavy (non-hydrogen) atoms. The number of aryl methyl sites for hydroxylation is 1. The lowest BCUT2D eigenvalue weighted by molar-refractivity contribution is -0.238. The molecule has 5 atom stereocenters. The molecule has 0 amide bonds. The molecule has 0 saturated heterocycles. The Labute approximate surface area is 137 Å². The molecule has 0 aromatic heterocycles. The van der Waals surface area contributed by atoms with E-state index in [4.69, 9.17) is 11.2 Å². The fraction of sp³-hybridized carbons (Fsp3) is 0.600. The van der Waals surface area contributed by atoms with Gasteiger partial charge in [-0.05, 0) is 73.1 Å². The number of fused-ring (bicyclic) bond motifs is 5. The number of terminal acetylenes is 1. The molecule has 122 valence electrons. The molecular formula is C20H24O3. The molecule has 2 N–H and O–H groups in total. The van der Waals surface area contributed by atoms with E-state index in [9.17, 15) is 10.2 Å². The first-order chi connectivity index (χ1) is 11.0. The summed E-state index contributed by atoms with van der Waals surface area (Å²) in [7, 11) is 0. The molecule has 0 bridgehead atoms. The Bertz CT molecular complexity index is 676. The SMILES string of the molecule is C#CO[C@]1(O)CC[C@@H]2[C@H]3CCc4cc(O)ccc4[C@@H]3CC[C@@]21C. The summed E-state index contributed by atoms with van der Waals surface area (Å²) in [5, 5.41) is 20.7. The minimum absolute atomic E-state index is 0.255. The average molecular weight is 312 g/mol. The highest BCUT2D eigenvalue weighted by atomic mass is 16.6. The molecule has 3 heteroatoms. The van der Waals surface area contributed by atoms with E-state index in [-0.39, 0.29) is 5.41 Å². The second kappa shape index (κ2) is 4.92. The summed E-state index contributed by atoms with van der Waals surface area (Å²) in [6.07, 6.45) is 13.3. The monoisotopic (exact) mass is 312 g/mol. The van der Waals surface area contributed by atoms with Crippen molar-refractivity contribution in [2.45, 2.75) is 57.2 Å². The number of hydrogen-bond donors (Lipinski definition) is 2. The zero-order valence-corrected chi connectivity index (χ0v) is 13.6. The second-order valence-corrected chi connectivity index (χ2v) is 7.80. The summed E-state index contributed by atoms with van der Waals surface area (Å²) in [5.74, 6) is 0.737. The zero-order chi connectivity index (χ0) is 16.2. The molecule has 2 fully saturated rings. The van der Waals surface area contributed by atoms with Gasteiger partial charge in [0.25, 0.3) is 0 Å². The Morgan fingerprint density at radius 2 is 2.09 bits per heavy atom. The van der Waals surface area contributed by atoms with E-state index in [0.717, 1.165) is 32.1 Å². The van der Waals surface area contributed by atoms with Crippen LogP contribution in [0.1, 0.15) is 56.1 Å². The van der Waals surface area contributed by atoms with Crippen LogP contribution in [0.25, 0.3) is 0 Å². The van der Waals surface area contributed by atoms with Gasteiger partial charge in [0.1, 0.15) is 11.9 Å². The Kier molecular flexibility index (Phi) is 3.19. The molecule has 4 rings (SSSR count). The van der Waals surface area contributed by atoms with Crippen molar-refractivity contribution < 1.29 is 14.9 Å². The number of phenols is 1. The van der Waals surface area contributed by atoms with Crippen LogP contribution in [0, 0.1) is 29.8 Å². The summed E-state index contributed by atoms with van der Waals surface area (Å²) in [6, 6.07) is 5.83. The quantitative estimate of drug-likeness (QED) is 0.616. The first kappa shape index (κ1) is 14.9. The summed E-state index contributed by atoms with van der Waals surface area (Å²) < 4.78 is 5.38. The van der Waals surface area contributed by atoms with Gasteiger partial charge in [-0.25, -0.2) is 0 Å². The molecule has 0 heterocycles. The van der Waals surface area contributed by atoms with Gasteiger partial charge < -0.3 is 14.9 Å². The Hall–Kier alpha value is -1.66. The van der Waals surface area contributed by atoms with E-state index in [1.165, 1.54) is 11.1 Å². The first-order valence-electron chi connectivity index (χ1n) is 8.66. The van der Waals surface area contributed by atoms with Crippen molar-refractivity contribution in [2.24, 2.45) is 17.3 Å². The summed E-state index contributed by atoms with van der Waals surface area (Å²) in [4.78, 5) is 0. The molecule has 0 spiro atoms. The van der Waals surface area contributed by atoms with E-state index < -0.39 is 5.79 Å². The molecule has 2 saturated carbocycles. The van der Waals surface area contributed by atoms with Gasteiger partial charge in [0, 0.05) is 11.8 Å². The fourth-order valence-corrected chi connectivity index (χ4v) is 5.81. The number of rotatable bonds is 1. The maximum atomic E-state index is 11.0. The lowest BCUT2D eigenvalue weighted by Gasteiger charge is -2.52. The van der Waals surface area contributed by atoms with Crippen molar-refractivity contribution in [3.63, 3.8) is 0 Å². The van der Waals surface area contributed by atoms with Crippen LogP contribution in [-0.2, 0) is 11.2 Å². The van der Waals surface area contributed by atoms with E-state index in [1.807, 2.05) is 12.1 Å². The van der Waals surface area contributed by atoms with Crippen LogP contribution in [0.2, 0.25) is 0 Å². The van der Waals surface area contributed by atoms with Crippen LogP contribution >= 0.6 is 0 Å². The highest BCUT2D eigenvalue weighted by Crippen LogP contribution is 2.64. The first-order valence-corrected chi connectivity index (χ1v) is 8.66. The largest absolute Gasteiger partial charge is 0.508 e. The number of hydrogen-bond acceptors (Lipinski definition) is 3. The molecule has 0 unspecified atom stereocenters. The number of aliphatic hydroxyl groups is 1. The van der Waals surface area contributed by atoms with Gasteiger partial charge in [-0.1, -0.05) is 19.4 Å². The maximum Gasteiger partial charge on any atom is 0.224 e. The molecule has 3 aliphatic rings. The van der Waals surface area contributed by atoms with Crippen LogP contribution in [0.5, 0.6) is 5.75 Å². The Balaban J connectivity index is 1.69. The highest BCUT2D eigenvalue weighted by Gasteiger charge is 2.63. The molecule has 1 aromatic carbocycles. The van der Waals surface area contributed by atoms with Crippen molar-refractivity contribution in [1.29, 1.82) is 0 Å². The third-order valence-corrected chi connectivity index (χ3v) is 7.01. The van der Waals surface area contributed by atoms with Crippen molar-refractivity contribution in [1.82, 2.24) is 0 Å². The zero-order valence-electron chi connectivity index (χ0n) is 13.6. The Morgan fingerprint density at radius 3 is 2.87 bits per heavy atom. The van der Waals surface area contributed by atoms with E-state index in [0.29, 0.717) is 29.9 Å². The topological polar surface area (TPSA) is 49.7 Å². The smallest absolute Gasteiger partial charge is 0.224 e. The van der Waals surface area contributed by atoms with Crippen molar-refractivity contribution >= 4 is 0 Å². The molecule has 3 aliphatic carbocycles. The van der Waals surface area contributed by atoms with Gasteiger partial charge in [0.05, 0.1) is 0 Å². The summed E-state index contributed by atoms with van der Waals surface area (Å²) in [6.45, 7) is 2.16. The number of benzene rings is 1. The van der Waals surface area contributed by atoms with Crippen molar-refractivity contribution in [2.75, 3.05) is 0 Å². The van der Waals surface area contributed by atoms with Crippen LogP contribution in [0.4, 0.5) is 0 Å². The van der Waals surface area contributed by atoms with Crippen molar-refractivity contribution in [3.05, 3.63) is 29.3 Å².